The first-order valence-corrected chi connectivity index (χ1v) is 12.3. The van der Waals surface area contributed by atoms with Crippen LogP contribution in [0.4, 0.5) is 24.8 Å². The molecule has 4 heterocycles. The highest BCUT2D eigenvalue weighted by Crippen LogP contribution is 2.53. The summed E-state index contributed by atoms with van der Waals surface area (Å²) in [5, 5.41) is 6.83. The van der Waals surface area contributed by atoms with Gasteiger partial charge < -0.3 is 10.6 Å². The van der Waals surface area contributed by atoms with E-state index in [-0.39, 0.29) is 40.1 Å². The summed E-state index contributed by atoms with van der Waals surface area (Å²) in [6.45, 7) is 5.41. The fourth-order valence-corrected chi connectivity index (χ4v) is 5.17. The van der Waals surface area contributed by atoms with Crippen LogP contribution < -0.4 is 16.2 Å². The van der Waals surface area contributed by atoms with Gasteiger partial charge in [-0.3, -0.25) is 4.79 Å². The average Bonchev–Trinajstić information content (AvgIpc) is 3.14. The van der Waals surface area contributed by atoms with E-state index in [1.165, 1.54) is 32.8 Å². The Kier molecular flexibility index (Phi) is 5.37. The Morgan fingerprint density at radius 3 is 2.65 bits per heavy atom. The minimum Gasteiger partial charge on any atom is -0.324 e. The molecule has 0 bridgehead atoms. The molecule has 3 aromatic heterocycles. The van der Waals surface area contributed by atoms with Crippen LogP contribution in [0.15, 0.2) is 47.4 Å². The van der Waals surface area contributed by atoms with Crippen LogP contribution in [0, 0.1) is 0 Å². The largest absolute Gasteiger partial charge is 0.324 e. The predicted molar refractivity (Wildman–Crippen MR) is 133 cm³/mol. The molecule has 11 heteroatoms. The van der Waals surface area contributed by atoms with Crippen molar-refractivity contribution in [1.82, 2.24) is 29.6 Å². The molecular formula is C26H26F3N7O. The van der Waals surface area contributed by atoms with E-state index in [0.717, 1.165) is 25.2 Å². The van der Waals surface area contributed by atoms with Crippen LogP contribution in [0.5, 0.6) is 0 Å². The zero-order valence-corrected chi connectivity index (χ0v) is 20.4. The third kappa shape index (κ3) is 4.07. The monoisotopic (exact) mass is 509 g/mol. The molecule has 0 atom stereocenters. The Hall–Kier alpha value is -3.73. The fraction of sp³-hybridized carbons (Fsp3) is 0.385. The van der Waals surface area contributed by atoms with E-state index in [2.05, 4.69) is 37.7 Å². The zero-order valence-electron chi connectivity index (χ0n) is 20.4. The lowest BCUT2D eigenvalue weighted by molar-refractivity contribution is -0.176. The van der Waals surface area contributed by atoms with Crippen LogP contribution in [0.1, 0.15) is 49.6 Å². The molecule has 0 spiro atoms. The number of fused-ring (bicyclic) bond motifs is 2. The zero-order chi connectivity index (χ0) is 25.9. The normalized spacial score (nSPS) is 18.0. The van der Waals surface area contributed by atoms with Crippen molar-refractivity contribution < 1.29 is 13.2 Å². The lowest BCUT2D eigenvalue weighted by Crippen LogP contribution is -2.46. The minimum atomic E-state index is -3.05. The highest BCUT2D eigenvalue weighted by Gasteiger charge is 2.59. The predicted octanol–water partition coefficient (Wildman–Crippen LogP) is 4.54. The smallest absolute Gasteiger partial charge is 0.278 e. The quantitative estimate of drug-likeness (QED) is 0.411. The molecule has 0 unspecified atom stereocenters. The second-order valence-electron chi connectivity index (χ2n) is 10.1. The van der Waals surface area contributed by atoms with Gasteiger partial charge >= 0.3 is 0 Å². The van der Waals surface area contributed by atoms with Gasteiger partial charge in [0.15, 0.2) is 17.1 Å². The van der Waals surface area contributed by atoms with Gasteiger partial charge in [-0.1, -0.05) is 12.1 Å². The van der Waals surface area contributed by atoms with Gasteiger partial charge in [0.2, 0.25) is 5.95 Å². The SMILES string of the molecule is CC(C)n1c(=O)c2cnc(Nc3ccc4c(c3)CCNC4)nc2n1-c1cccc(C2(F)CC(F)(F)C2)n1. The molecule has 0 amide bonds. The van der Waals surface area contributed by atoms with Crippen LogP contribution in [-0.2, 0) is 18.6 Å². The van der Waals surface area contributed by atoms with E-state index in [1.54, 1.807) is 12.1 Å². The van der Waals surface area contributed by atoms with Crippen molar-refractivity contribution >= 4 is 22.7 Å². The Balaban J connectivity index is 1.43. The van der Waals surface area contributed by atoms with Gasteiger partial charge in [0.1, 0.15) is 5.39 Å². The second kappa shape index (κ2) is 8.41. The lowest BCUT2D eigenvalue weighted by Gasteiger charge is -2.40. The summed E-state index contributed by atoms with van der Waals surface area (Å²) in [4.78, 5) is 26.6. The second-order valence-corrected chi connectivity index (χ2v) is 10.1. The molecule has 2 aliphatic rings. The number of nitrogens with one attached hydrogen (secondary N) is 2. The molecule has 4 aromatic rings. The van der Waals surface area contributed by atoms with Crippen molar-refractivity contribution in [3.8, 4) is 5.82 Å². The van der Waals surface area contributed by atoms with E-state index < -0.39 is 24.4 Å². The summed E-state index contributed by atoms with van der Waals surface area (Å²) in [5.74, 6) is -2.54. The molecule has 0 saturated heterocycles. The number of nitrogens with zero attached hydrogens (tertiary/aromatic N) is 5. The van der Waals surface area contributed by atoms with E-state index in [1.807, 2.05) is 19.9 Å². The molecule has 1 aromatic carbocycles. The van der Waals surface area contributed by atoms with Crippen LogP contribution in [-0.4, -0.2) is 36.8 Å². The molecule has 2 N–H and O–H groups in total. The summed E-state index contributed by atoms with van der Waals surface area (Å²) < 4.78 is 45.1. The lowest BCUT2D eigenvalue weighted by atomic mass is 9.76. The summed E-state index contributed by atoms with van der Waals surface area (Å²) in [5.41, 5.74) is 0.978. The van der Waals surface area contributed by atoms with Gasteiger partial charge in [-0.25, -0.2) is 32.5 Å². The van der Waals surface area contributed by atoms with Crippen molar-refractivity contribution in [3.63, 3.8) is 0 Å². The first kappa shape index (κ1) is 23.7. The molecule has 1 aliphatic carbocycles. The van der Waals surface area contributed by atoms with Crippen molar-refractivity contribution in [1.29, 1.82) is 0 Å². The number of halogens is 3. The third-order valence-corrected chi connectivity index (χ3v) is 6.95. The minimum absolute atomic E-state index is 0.0866. The number of hydrogen-bond acceptors (Lipinski definition) is 6. The van der Waals surface area contributed by atoms with Crippen molar-refractivity contribution in [2.24, 2.45) is 0 Å². The number of rotatable bonds is 5. The average molecular weight is 510 g/mol. The molecule has 1 aliphatic heterocycles. The van der Waals surface area contributed by atoms with Crippen LogP contribution in [0.2, 0.25) is 0 Å². The topological polar surface area (TPSA) is 89.7 Å². The van der Waals surface area contributed by atoms with E-state index in [0.29, 0.717) is 0 Å². The molecule has 8 nitrogen and oxygen atoms in total. The van der Waals surface area contributed by atoms with Crippen LogP contribution in [0.3, 0.4) is 0 Å². The molecule has 0 radical (unpaired) electrons. The molecule has 6 rings (SSSR count). The van der Waals surface area contributed by atoms with Gasteiger partial charge in [-0.05, 0) is 62.2 Å². The first-order chi connectivity index (χ1) is 17.6. The third-order valence-electron chi connectivity index (χ3n) is 6.95. The number of hydrogen-bond donors (Lipinski definition) is 2. The number of benzene rings is 1. The van der Waals surface area contributed by atoms with Crippen LogP contribution >= 0.6 is 0 Å². The van der Waals surface area contributed by atoms with Crippen LogP contribution in [0.25, 0.3) is 16.9 Å². The van der Waals surface area contributed by atoms with Gasteiger partial charge in [0, 0.05) is 24.5 Å². The summed E-state index contributed by atoms with van der Waals surface area (Å²) in [7, 11) is 0. The maximum atomic E-state index is 15.2. The number of alkyl halides is 3. The van der Waals surface area contributed by atoms with Crippen molar-refractivity contribution in [2.75, 3.05) is 11.9 Å². The summed E-state index contributed by atoms with van der Waals surface area (Å²) in [6.07, 6.45) is 0.559. The molecule has 1 saturated carbocycles. The Labute approximate surface area is 210 Å². The summed E-state index contributed by atoms with van der Waals surface area (Å²) >= 11 is 0. The highest BCUT2D eigenvalue weighted by atomic mass is 19.3. The van der Waals surface area contributed by atoms with Gasteiger partial charge in [-0.15, -0.1) is 0 Å². The molecule has 192 valence electrons. The summed E-state index contributed by atoms with van der Waals surface area (Å²) in [6, 6.07) is 10.3. The van der Waals surface area contributed by atoms with Gasteiger partial charge in [0.25, 0.3) is 11.5 Å². The fourth-order valence-electron chi connectivity index (χ4n) is 5.17. The number of pyridine rings is 1. The van der Waals surface area contributed by atoms with Crippen molar-refractivity contribution in [2.45, 2.75) is 57.3 Å². The van der Waals surface area contributed by atoms with Gasteiger partial charge in [-0.2, -0.15) is 4.98 Å². The van der Waals surface area contributed by atoms with Gasteiger partial charge in [0.05, 0.1) is 18.5 Å². The highest BCUT2D eigenvalue weighted by molar-refractivity contribution is 5.77. The van der Waals surface area contributed by atoms with E-state index in [9.17, 15) is 13.6 Å². The number of anilines is 2. The molecule has 1 fully saturated rings. The molecular weight excluding hydrogens is 483 g/mol. The molecule has 37 heavy (non-hydrogen) atoms. The van der Waals surface area contributed by atoms with E-state index in [4.69, 9.17) is 0 Å². The Bertz CT molecular complexity index is 1570. The maximum Gasteiger partial charge on any atom is 0.278 e. The Morgan fingerprint density at radius 2 is 1.89 bits per heavy atom. The van der Waals surface area contributed by atoms with E-state index >= 15 is 4.39 Å². The first-order valence-electron chi connectivity index (χ1n) is 12.3. The Morgan fingerprint density at radius 1 is 1.08 bits per heavy atom. The standard InChI is InChI=1S/C26H26F3N7O/c1-15(2)35-23(37)19-12-31-24(32-18-7-6-17-11-30-9-8-16(17)10-18)34-22(19)36(35)21-5-3-4-20(33-21)25(27)13-26(28,29)14-25/h3-7,10,12,15,30H,8-9,11,13-14H2,1-2H3,(H,31,32,34). The number of aromatic nitrogens is 5. The maximum absolute atomic E-state index is 15.2. The van der Waals surface area contributed by atoms with Crippen molar-refractivity contribution in [3.05, 3.63) is 69.8 Å².